The van der Waals surface area contributed by atoms with Crippen molar-refractivity contribution in [3.05, 3.63) is 47.0 Å². The first-order valence-electron chi connectivity index (χ1n) is 7.63. The summed E-state index contributed by atoms with van der Waals surface area (Å²) in [6, 6.07) is 4.76. The number of carbonyl (C=O) groups excluding carboxylic acids is 1. The Morgan fingerprint density at radius 3 is 2.60 bits per heavy atom. The van der Waals surface area contributed by atoms with E-state index < -0.39 is 28.3 Å². The van der Waals surface area contributed by atoms with Crippen LogP contribution in [0.25, 0.3) is 0 Å². The van der Waals surface area contributed by atoms with E-state index in [9.17, 15) is 17.6 Å². The van der Waals surface area contributed by atoms with E-state index in [4.69, 9.17) is 0 Å². The number of sulfonamides is 1. The molecule has 1 aromatic heterocycles. The van der Waals surface area contributed by atoms with E-state index in [1.54, 1.807) is 6.92 Å². The maximum Gasteiger partial charge on any atom is 0.241 e. The molecule has 0 saturated heterocycles. The van der Waals surface area contributed by atoms with E-state index in [1.165, 1.54) is 18.2 Å². The topological polar surface area (TPSA) is 95.2 Å². The molecule has 1 unspecified atom stereocenters. The molecule has 25 heavy (non-hydrogen) atoms. The van der Waals surface area contributed by atoms with Gasteiger partial charge in [-0.3, -0.25) is 14.2 Å². The van der Waals surface area contributed by atoms with Gasteiger partial charge >= 0.3 is 0 Å². The summed E-state index contributed by atoms with van der Waals surface area (Å²) in [6.45, 7) is 5.00. The molecule has 0 saturated carbocycles. The van der Waals surface area contributed by atoms with Gasteiger partial charge in [-0.2, -0.15) is 5.10 Å². The van der Waals surface area contributed by atoms with Gasteiger partial charge in [-0.05, 0) is 39.0 Å². The van der Waals surface area contributed by atoms with Gasteiger partial charge in [-0.1, -0.05) is 6.07 Å². The molecular weight excluding hydrogens is 347 g/mol. The van der Waals surface area contributed by atoms with E-state index in [0.717, 1.165) is 33.6 Å². The van der Waals surface area contributed by atoms with Crippen molar-refractivity contribution in [2.75, 3.05) is 17.1 Å². The number of rotatable bonds is 6. The molecule has 1 aromatic carbocycles. The van der Waals surface area contributed by atoms with Crippen molar-refractivity contribution in [3.63, 3.8) is 0 Å². The highest BCUT2D eigenvalue weighted by Crippen LogP contribution is 2.20. The summed E-state index contributed by atoms with van der Waals surface area (Å²) >= 11 is 0. The third-order valence-corrected chi connectivity index (χ3v) is 4.92. The number of anilines is 1. The molecule has 0 radical (unpaired) electrons. The average molecular weight is 368 g/mol. The maximum absolute atomic E-state index is 13.4. The number of aromatic amines is 1. The summed E-state index contributed by atoms with van der Waals surface area (Å²) in [5.41, 5.74) is 2.54. The molecule has 0 spiro atoms. The van der Waals surface area contributed by atoms with Gasteiger partial charge in [-0.15, -0.1) is 0 Å². The van der Waals surface area contributed by atoms with Gasteiger partial charge in [0.25, 0.3) is 0 Å². The van der Waals surface area contributed by atoms with Crippen LogP contribution in [0.5, 0.6) is 0 Å². The van der Waals surface area contributed by atoms with Gasteiger partial charge < -0.3 is 5.32 Å². The molecule has 0 bridgehead atoms. The Morgan fingerprint density at radius 2 is 2.08 bits per heavy atom. The quantitative estimate of drug-likeness (QED) is 0.813. The maximum atomic E-state index is 13.4. The second kappa shape index (κ2) is 7.22. The molecule has 0 fully saturated rings. The number of amides is 1. The zero-order valence-electron chi connectivity index (χ0n) is 14.5. The summed E-state index contributed by atoms with van der Waals surface area (Å²) < 4.78 is 38.3. The van der Waals surface area contributed by atoms with Gasteiger partial charge in [0.15, 0.2) is 0 Å². The van der Waals surface area contributed by atoms with Crippen LogP contribution in [0.3, 0.4) is 0 Å². The van der Waals surface area contributed by atoms with Gasteiger partial charge in [0, 0.05) is 11.3 Å². The van der Waals surface area contributed by atoms with Crippen molar-refractivity contribution in [2.24, 2.45) is 0 Å². The fourth-order valence-corrected chi connectivity index (χ4v) is 3.57. The lowest BCUT2D eigenvalue weighted by molar-refractivity contribution is -0.120. The highest BCUT2D eigenvalue weighted by atomic mass is 32.2. The SMILES string of the molecule is Cc1n[nH]c(C)c1C(C)NC(=O)CN(c1cccc(F)c1)S(C)(=O)=O. The predicted molar refractivity (Wildman–Crippen MR) is 93.2 cm³/mol. The fraction of sp³-hybridized carbons (Fsp3) is 0.375. The van der Waals surface area contributed by atoms with Gasteiger partial charge in [-0.25, -0.2) is 12.8 Å². The van der Waals surface area contributed by atoms with Crippen molar-refractivity contribution >= 4 is 21.6 Å². The van der Waals surface area contributed by atoms with Crippen LogP contribution in [-0.4, -0.2) is 37.3 Å². The Labute approximate surface area is 146 Å². The van der Waals surface area contributed by atoms with Crippen molar-refractivity contribution in [1.29, 1.82) is 0 Å². The summed E-state index contributed by atoms with van der Waals surface area (Å²) in [7, 11) is -3.75. The zero-order valence-corrected chi connectivity index (χ0v) is 15.3. The molecule has 1 amide bonds. The third kappa shape index (κ3) is 4.56. The Morgan fingerprint density at radius 1 is 1.40 bits per heavy atom. The van der Waals surface area contributed by atoms with Crippen molar-refractivity contribution in [3.8, 4) is 0 Å². The number of nitrogens with zero attached hydrogens (tertiary/aromatic N) is 2. The molecule has 1 heterocycles. The number of benzene rings is 1. The Kier molecular flexibility index (Phi) is 5.46. The van der Waals surface area contributed by atoms with E-state index in [0.29, 0.717) is 0 Å². The summed E-state index contributed by atoms with van der Waals surface area (Å²) in [5.74, 6) is -1.08. The number of nitrogens with one attached hydrogen (secondary N) is 2. The lowest BCUT2D eigenvalue weighted by Gasteiger charge is -2.23. The van der Waals surface area contributed by atoms with Crippen LogP contribution in [0.1, 0.15) is 29.9 Å². The number of hydrogen-bond donors (Lipinski definition) is 2. The second-order valence-electron chi connectivity index (χ2n) is 5.89. The number of H-pyrrole nitrogens is 1. The molecule has 0 aliphatic carbocycles. The summed E-state index contributed by atoms with van der Waals surface area (Å²) in [4.78, 5) is 12.3. The molecule has 7 nitrogen and oxygen atoms in total. The van der Waals surface area contributed by atoms with Crippen molar-refractivity contribution in [2.45, 2.75) is 26.8 Å². The molecular formula is C16H21FN4O3S. The number of aryl methyl sites for hydroxylation is 2. The number of hydrogen-bond acceptors (Lipinski definition) is 4. The molecule has 2 rings (SSSR count). The van der Waals surface area contributed by atoms with Crippen LogP contribution < -0.4 is 9.62 Å². The van der Waals surface area contributed by atoms with E-state index in [-0.39, 0.29) is 11.7 Å². The molecule has 9 heteroatoms. The smallest absolute Gasteiger partial charge is 0.241 e. The fourth-order valence-electron chi connectivity index (χ4n) is 2.72. The van der Waals surface area contributed by atoms with Crippen LogP contribution in [0.15, 0.2) is 24.3 Å². The van der Waals surface area contributed by atoms with Crippen LogP contribution in [0.4, 0.5) is 10.1 Å². The molecule has 0 aliphatic heterocycles. The van der Waals surface area contributed by atoms with E-state index in [2.05, 4.69) is 15.5 Å². The van der Waals surface area contributed by atoms with Crippen LogP contribution in [0.2, 0.25) is 0 Å². The zero-order chi connectivity index (χ0) is 18.8. The highest BCUT2D eigenvalue weighted by Gasteiger charge is 2.23. The lowest BCUT2D eigenvalue weighted by atomic mass is 10.1. The summed E-state index contributed by atoms with van der Waals surface area (Å²) in [5, 5.41) is 9.67. The monoisotopic (exact) mass is 368 g/mol. The van der Waals surface area contributed by atoms with Gasteiger partial charge in [0.2, 0.25) is 15.9 Å². The third-order valence-electron chi connectivity index (χ3n) is 3.78. The van der Waals surface area contributed by atoms with Crippen LogP contribution >= 0.6 is 0 Å². The highest BCUT2D eigenvalue weighted by molar-refractivity contribution is 7.92. The first-order chi connectivity index (χ1) is 11.6. The van der Waals surface area contributed by atoms with Crippen LogP contribution in [0, 0.1) is 19.7 Å². The lowest BCUT2D eigenvalue weighted by Crippen LogP contribution is -2.41. The van der Waals surface area contributed by atoms with Crippen LogP contribution in [-0.2, 0) is 14.8 Å². The number of carbonyl (C=O) groups is 1. The molecule has 136 valence electrons. The predicted octanol–water partition coefficient (Wildman–Crippen LogP) is 1.81. The van der Waals surface area contributed by atoms with E-state index in [1.807, 2.05) is 13.8 Å². The first-order valence-corrected chi connectivity index (χ1v) is 9.48. The Bertz CT molecular complexity index is 860. The summed E-state index contributed by atoms with van der Waals surface area (Å²) in [6.07, 6.45) is 0.971. The van der Waals surface area contributed by atoms with Gasteiger partial charge in [0.1, 0.15) is 12.4 Å². The second-order valence-corrected chi connectivity index (χ2v) is 7.79. The van der Waals surface area contributed by atoms with Gasteiger partial charge in [0.05, 0.1) is 23.7 Å². The molecule has 0 aliphatic rings. The largest absolute Gasteiger partial charge is 0.348 e. The first kappa shape index (κ1) is 18.9. The average Bonchev–Trinajstić information content (AvgIpc) is 2.82. The Balaban J connectivity index is 2.18. The minimum Gasteiger partial charge on any atom is -0.348 e. The minimum atomic E-state index is -3.75. The normalized spacial score (nSPS) is 12.7. The van der Waals surface area contributed by atoms with E-state index >= 15 is 0 Å². The minimum absolute atomic E-state index is 0.0981. The molecule has 1 atom stereocenters. The molecule has 2 N–H and O–H groups in total. The number of halogens is 1. The van der Waals surface area contributed by atoms with Crippen molar-refractivity contribution in [1.82, 2.24) is 15.5 Å². The van der Waals surface area contributed by atoms with Crippen molar-refractivity contribution < 1.29 is 17.6 Å². The number of aromatic nitrogens is 2. The standard InChI is InChI=1S/C16H21FN4O3S/c1-10(16-11(2)19-20-12(16)3)18-15(22)9-21(25(4,23)24)14-7-5-6-13(17)8-14/h5-8,10H,9H2,1-4H3,(H,18,22)(H,19,20). The molecule has 2 aromatic rings. The Hall–Kier alpha value is -2.42.